The minimum absolute atomic E-state index is 0. The van der Waals surface area contributed by atoms with E-state index < -0.39 is 0 Å². The number of hydrogen-bond donors (Lipinski definition) is 2. The van der Waals surface area contributed by atoms with E-state index >= 15 is 0 Å². The van der Waals surface area contributed by atoms with Crippen LogP contribution < -0.4 is 15.4 Å². The molecule has 0 unspecified atom stereocenters. The molecule has 0 atom stereocenters. The Kier molecular flexibility index (Phi) is 12.2. The van der Waals surface area contributed by atoms with Crippen molar-refractivity contribution in [1.82, 2.24) is 20.4 Å². The van der Waals surface area contributed by atoms with E-state index in [1.54, 1.807) is 14.1 Å². The highest BCUT2D eigenvalue weighted by atomic mass is 127. The zero-order valence-electron chi connectivity index (χ0n) is 19.7. The first-order chi connectivity index (χ1) is 14.3. The van der Waals surface area contributed by atoms with Gasteiger partial charge >= 0.3 is 0 Å². The summed E-state index contributed by atoms with van der Waals surface area (Å²) < 4.78 is 5.61. The van der Waals surface area contributed by atoms with Gasteiger partial charge in [-0.25, -0.2) is 4.99 Å². The molecule has 176 valence electrons. The van der Waals surface area contributed by atoms with Gasteiger partial charge in [0.2, 0.25) is 0 Å². The Bertz CT molecular complexity index is 703. The molecule has 1 aromatic carbocycles. The molecule has 2 rings (SSSR count). The Morgan fingerprint density at radius 2 is 1.90 bits per heavy atom. The van der Waals surface area contributed by atoms with Gasteiger partial charge in [0.1, 0.15) is 5.75 Å². The van der Waals surface area contributed by atoms with Gasteiger partial charge < -0.3 is 20.3 Å². The van der Waals surface area contributed by atoms with Crippen LogP contribution in [0.15, 0.2) is 29.3 Å². The van der Waals surface area contributed by atoms with Crippen LogP contribution in [0.1, 0.15) is 45.6 Å². The Labute approximate surface area is 205 Å². The fourth-order valence-electron chi connectivity index (χ4n) is 3.43. The van der Waals surface area contributed by atoms with Crippen LogP contribution in [0.5, 0.6) is 5.75 Å². The van der Waals surface area contributed by atoms with Crippen LogP contribution in [0.25, 0.3) is 0 Å². The third-order valence-corrected chi connectivity index (χ3v) is 5.42. The summed E-state index contributed by atoms with van der Waals surface area (Å²) in [4.78, 5) is 20.6. The van der Waals surface area contributed by atoms with E-state index in [2.05, 4.69) is 36.3 Å². The summed E-state index contributed by atoms with van der Waals surface area (Å²) >= 11 is 0. The monoisotopic (exact) mass is 545 g/mol. The molecule has 0 aliphatic carbocycles. The number of amides is 1. The van der Waals surface area contributed by atoms with Crippen LogP contribution in [-0.4, -0.2) is 74.1 Å². The molecular formula is C23H40IN5O2. The predicted octanol–water partition coefficient (Wildman–Crippen LogP) is 3.09. The summed E-state index contributed by atoms with van der Waals surface area (Å²) in [6.45, 7) is 11.2. The van der Waals surface area contributed by atoms with E-state index in [-0.39, 0.29) is 42.0 Å². The molecular weight excluding hydrogens is 505 g/mol. The maximum Gasteiger partial charge on any atom is 0.259 e. The number of aliphatic imine (C=N–C) groups is 1. The van der Waals surface area contributed by atoms with Gasteiger partial charge in [-0.3, -0.25) is 9.69 Å². The number of guanidine groups is 1. The van der Waals surface area contributed by atoms with Gasteiger partial charge in [0, 0.05) is 32.7 Å². The second kappa shape index (κ2) is 13.8. The minimum Gasteiger partial charge on any atom is -0.484 e. The van der Waals surface area contributed by atoms with E-state index in [0.717, 1.165) is 24.6 Å². The Balaban J connectivity index is 0.00000480. The second-order valence-electron chi connectivity index (χ2n) is 8.63. The third kappa shape index (κ3) is 9.64. The van der Waals surface area contributed by atoms with E-state index in [0.29, 0.717) is 12.3 Å². The van der Waals surface area contributed by atoms with Crippen molar-refractivity contribution in [2.75, 3.05) is 46.9 Å². The van der Waals surface area contributed by atoms with Crippen molar-refractivity contribution in [3.05, 3.63) is 29.8 Å². The van der Waals surface area contributed by atoms with Crippen molar-refractivity contribution in [2.24, 2.45) is 4.99 Å². The summed E-state index contributed by atoms with van der Waals surface area (Å²) in [5.41, 5.74) is 1.13. The largest absolute Gasteiger partial charge is 0.484 e. The lowest BCUT2D eigenvalue weighted by molar-refractivity contribution is -0.130. The zero-order valence-corrected chi connectivity index (χ0v) is 22.1. The lowest BCUT2D eigenvalue weighted by Crippen LogP contribution is -2.54. The van der Waals surface area contributed by atoms with Gasteiger partial charge in [-0.05, 0) is 64.4 Å². The lowest BCUT2D eigenvalue weighted by atomic mass is 9.98. The number of rotatable bonds is 9. The van der Waals surface area contributed by atoms with Gasteiger partial charge in [-0.2, -0.15) is 0 Å². The van der Waals surface area contributed by atoms with E-state index in [9.17, 15) is 4.79 Å². The number of halogens is 1. The van der Waals surface area contributed by atoms with Gasteiger partial charge in [0.25, 0.3) is 5.91 Å². The number of hydrogen-bond acceptors (Lipinski definition) is 4. The standard InChI is InChI=1S/C23H39N5O2.HI/c1-6-24-22(26-18-23(2,3)28-13-8-7-9-14-28)25-16-19-11-10-12-20(15-19)30-17-21(29)27(4)5;/h10-12,15H,6-9,13-14,16-18H2,1-5H3,(H2,24,25,26);1H. The predicted molar refractivity (Wildman–Crippen MR) is 138 cm³/mol. The molecule has 31 heavy (non-hydrogen) atoms. The number of ether oxygens (including phenoxy) is 1. The molecule has 1 heterocycles. The molecule has 2 N–H and O–H groups in total. The highest BCUT2D eigenvalue weighted by molar-refractivity contribution is 14.0. The molecule has 1 fully saturated rings. The maximum absolute atomic E-state index is 11.7. The van der Waals surface area contributed by atoms with Crippen molar-refractivity contribution in [2.45, 2.75) is 52.1 Å². The topological polar surface area (TPSA) is 69.2 Å². The number of nitrogens with zero attached hydrogens (tertiary/aromatic N) is 3. The third-order valence-electron chi connectivity index (χ3n) is 5.42. The molecule has 1 aliphatic heterocycles. The van der Waals surface area contributed by atoms with E-state index in [4.69, 9.17) is 9.73 Å². The number of carbonyl (C=O) groups excluding carboxylic acids is 1. The second-order valence-corrected chi connectivity index (χ2v) is 8.63. The zero-order chi connectivity index (χ0) is 22.0. The van der Waals surface area contributed by atoms with Crippen LogP contribution in [0.4, 0.5) is 0 Å². The molecule has 0 radical (unpaired) electrons. The average Bonchev–Trinajstić information content (AvgIpc) is 2.75. The Hall–Kier alpha value is -1.55. The summed E-state index contributed by atoms with van der Waals surface area (Å²) in [6, 6.07) is 7.75. The minimum atomic E-state index is -0.0617. The van der Waals surface area contributed by atoms with Crippen LogP contribution >= 0.6 is 24.0 Å². The highest BCUT2D eigenvalue weighted by Crippen LogP contribution is 2.20. The molecule has 1 saturated heterocycles. The molecule has 0 saturated carbocycles. The number of likely N-dealkylation sites (N-methyl/N-ethyl adjacent to an activating group) is 1. The van der Waals surface area contributed by atoms with Crippen molar-refractivity contribution < 1.29 is 9.53 Å². The van der Waals surface area contributed by atoms with Crippen LogP contribution in [-0.2, 0) is 11.3 Å². The van der Waals surface area contributed by atoms with Gasteiger partial charge in [0.05, 0.1) is 6.54 Å². The molecule has 8 heteroatoms. The normalized spacial score (nSPS) is 15.1. The van der Waals surface area contributed by atoms with E-state index in [1.165, 1.54) is 37.3 Å². The SMILES string of the molecule is CCNC(=NCc1cccc(OCC(=O)N(C)C)c1)NCC(C)(C)N1CCCCC1.I. The quantitative estimate of drug-likeness (QED) is 0.284. The molecule has 1 amide bonds. The number of carbonyl (C=O) groups is 1. The van der Waals surface area contributed by atoms with Gasteiger partial charge in [-0.15, -0.1) is 24.0 Å². The van der Waals surface area contributed by atoms with Crippen molar-refractivity contribution in [3.8, 4) is 5.75 Å². The van der Waals surface area contributed by atoms with Gasteiger partial charge in [0.15, 0.2) is 12.6 Å². The van der Waals surface area contributed by atoms with Crippen molar-refractivity contribution >= 4 is 35.8 Å². The average molecular weight is 546 g/mol. The van der Waals surface area contributed by atoms with Crippen LogP contribution in [0.2, 0.25) is 0 Å². The lowest BCUT2D eigenvalue weighted by Gasteiger charge is -2.41. The van der Waals surface area contributed by atoms with Crippen molar-refractivity contribution in [3.63, 3.8) is 0 Å². The highest BCUT2D eigenvalue weighted by Gasteiger charge is 2.27. The summed E-state index contributed by atoms with van der Waals surface area (Å²) in [5.74, 6) is 1.44. The smallest absolute Gasteiger partial charge is 0.259 e. The Morgan fingerprint density at radius 1 is 1.19 bits per heavy atom. The number of likely N-dealkylation sites (tertiary alicyclic amines) is 1. The van der Waals surface area contributed by atoms with E-state index in [1.807, 2.05) is 24.3 Å². The molecule has 7 nitrogen and oxygen atoms in total. The first-order valence-electron chi connectivity index (χ1n) is 11.0. The van der Waals surface area contributed by atoms with Crippen LogP contribution in [0, 0.1) is 0 Å². The fourth-order valence-corrected chi connectivity index (χ4v) is 3.43. The number of piperidine rings is 1. The number of benzene rings is 1. The molecule has 0 bridgehead atoms. The van der Waals surface area contributed by atoms with Crippen LogP contribution in [0.3, 0.4) is 0 Å². The number of nitrogens with one attached hydrogen (secondary N) is 2. The Morgan fingerprint density at radius 3 is 2.55 bits per heavy atom. The summed E-state index contributed by atoms with van der Waals surface area (Å²) in [7, 11) is 3.44. The first kappa shape index (κ1) is 27.5. The fraction of sp³-hybridized carbons (Fsp3) is 0.652. The summed E-state index contributed by atoms with van der Waals surface area (Å²) in [6.07, 6.45) is 3.92. The van der Waals surface area contributed by atoms with Crippen molar-refractivity contribution in [1.29, 1.82) is 0 Å². The molecule has 1 aliphatic rings. The summed E-state index contributed by atoms with van der Waals surface area (Å²) in [5, 5.41) is 6.85. The molecule has 1 aromatic rings. The maximum atomic E-state index is 11.7. The molecule has 0 aromatic heterocycles. The van der Waals surface area contributed by atoms with Gasteiger partial charge in [-0.1, -0.05) is 18.6 Å². The first-order valence-corrected chi connectivity index (χ1v) is 11.0. The molecule has 0 spiro atoms.